The SMILES string of the molecule is COc1c(C)c2c(c(C)c1C1(N=C=O)CCC1)CCCC2. The Hall–Kier alpha value is -1.60. The number of isocyanates is 1. The molecule has 0 saturated heterocycles. The van der Waals surface area contributed by atoms with E-state index in [1.807, 2.05) is 0 Å². The highest BCUT2D eigenvalue weighted by molar-refractivity contribution is 5.59. The van der Waals surface area contributed by atoms with Crippen LogP contribution in [0.5, 0.6) is 5.75 Å². The van der Waals surface area contributed by atoms with E-state index in [0.29, 0.717) is 0 Å². The number of carbonyl (C=O) groups excluding carboxylic acids is 1. The maximum atomic E-state index is 10.9. The van der Waals surface area contributed by atoms with Crippen LogP contribution in [-0.4, -0.2) is 13.2 Å². The van der Waals surface area contributed by atoms with Gasteiger partial charge in [-0.3, -0.25) is 0 Å². The summed E-state index contributed by atoms with van der Waals surface area (Å²) in [4.78, 5) is 15.1. The molecule has 0 radical (unpaired) electrons. The molecule has 21 heavy (non-hydrogen) atoms. The Morgan fingerprint density at radius 1 is 1.05 bits per heavy atom. The van der Waals surface area contributed by atoms with Gasteiger partial charge in [-0.25, -0.2) is 4.79 Å². The molecule has 0 bridgehead atoms. The van der Waals surface area contributed by atoms with Crippen molar-refractivity contribution in [1.29, 1.82) is 0 Å². The molecule has 0 atom stereocenters. The summed E-state index contributed by atoms with van der Waals surface area (Å²) in [6, 6.07) is 0. The Balaban J connectivity index is 2.29. The van der Waals surface area contributed by atoms with Crippen molar-refractivity contribution in [2.45, 2.75) is 64.3 Å². The summed E-state index contributed by atoms with van der Waals surface area (Å²) in [6.45, 7) is 4.34. The van der Waals surface area contributed by atoms with Crippen LogP contribution in [0.4, 0.5) is 0 Å². The molecule has 0 amide bonds. The van der Waals surface area contributed by atoms with E-state index in [9.17, 15) is 4.79 Å². The lowest BCUT2D eigenvalue weighted by molar-refractivity contribution is 0.244. The second-order valence-electron chi connectivity index (χ2n) is 6.41. The van der Waals surface area contributed by atoms with Gasteiger partial charge >= 0.3 is 0 Å². The zero-order chi connectivity index (χ0) is 15.0. The van der Waals surface area contributed by atoms with Crippen LogP contribution < -0.4 is 4.74 Å². The highest BCUT2D eigenvalue weighted by Gasteiger charge is 2.43. The Morgan fingerprint density at radius 3 is 2.14 bits per heavy atom. The van der Waals surface area contributed by atoms with E-state index >= 15 is 0 Å². The van der Waals surface area contributed by atoms with Crippen molar-refractivity contribution in [2.24, 2.45) is 4.99 Å². The van der Waals surface area contributed by atoms with Gasteiger partial charge in [0, 0.05) is 5.56 Å². The van der Waals surface area contributed by atoms with Gasteiger partial charge in [-0.1, -0.05) is 0 Å². The van der Waals surface area contributed by atoms with Crippen molar-refractivity contribution >= 4 is 6.08 Å². The molecule has 3 nitrogen and oxygen atoms in total. The number of hydrogen-bond acceptors (Lipinski definition) is 3. The molecule has 0 spiro atoms. The van der Waals surface area contributed by atoms with Crippen LogP contribution in [0.15, 0.2) is 4.99 Å². The summed E-state index contributed by atoms with van der Waals surface area (Å²) >= 11 is 0. The molecule has 112 valence electrons. The molecule has 1 fully saturated rings. The highest BCUT2D eigenvalue weighted by atomic mass is 16.5. The van der Waals surface area contributed by atoms with Crippen LogP contribution in [-0.2, 0) is 23.2 Å². The number of fused-ring (bicyclic) bond motifs is 1. The van der Waals surface area contributed by atoms with Crippen LogP contribution in [0.1, 0.15) is 59.9 Å². The van der Waals surface area contributed by atoms with Crippen LogP contribution in [0, 0.1) is 13.8 Å². The summed E-state index contributed by atoms with van der Waals surface area (Å²) in [5, 5.41) is 0. The number of benzene rings is 1. The van der Waals surface area contributed by atoms with E-state index < -0.39 is 0 Å². The number of rotatable bonds is 3. The van der Waals surface area contributed by atoms with E-state index in [1.54, 1.807) is 13.2 Å². The second kappa shape index (κ2) is 5.31. The molecule has 0 heterocycles. The van der Waals surface area contributed by atoms with Crippen molar-refractivity contribution < 1.29 is 9.53 Å². The Labute approximate surface area is 126 Å². The highest BCUT2D eigenvalue weighted by Crippen LogP contribution is 2.52. The van der Waals surface area contributed by atoms with Crippen LogP contribution >= 0.6 is 0 Å². The third-order valence-electron chi connectivity index (χ3n) is 5.43. The van der Waals surface area contributed by atoms with Crippen LogP contribution in [0.25, 0.3) is 0 Å². The second-order valence-corrected chi connectivity index (χ2v) is 6.41. The summed E-state index contributed by atoms with van der Waals surface area (Å²) in [5.41, 5.74) is 6.25. The first kappa shape index (κ1) is 14.3. The molecule has 0 aliphatic heterocycles. The van der Waals surface area contributed by atoms with E-state index in [-0.39, 0.29) is 5.54 Å². The lowest BCUT2D eigenvalue weighted by Gasteiger charge is -2.41. The van der Waals surface area contributed by atoms with Gasteiger partial charge in [-0.15, -0.1) is 0 Å². The van der Waals surface area contributed by atoms with Crippen molar-refractivity contribution in [2.75, 3.05) is 7.11 Å². The Morgan fingerprint density at radius 2 is 1.67 bits per heavy atom. The maximum absolute atomic E-state index is 10.9. The number of methoxy groups -OCH3 is 1. The zero-order valence-corrected chi connectivity index (χ0v) is 13.2. The monoisotopic (exact) mass is 285 g/mol. The van der Waals surface area contributed by atoms with Gasteiger partial charge in [0.25, 0.3) is 0 Å². The van der Waals surface area contributed by atoms with Gasteiger partial charge in [0.2, 0.25) is 6.08 Å². The molecule has 3 heteroatoms. The first-order chi connectivity index (χ1) is 10.1. The normalized spacial score (nSPS) is 19.2. The molecule has 0 N–H and O–H groups in total. The molecule has 1 saturated carbocycles. The number of ether oxygens (including phenoxy) is 1. The van der Waals surface area contributed by atoms with Crippen LogP contribution in [0.3, 0.4) is 0 Å². The molecule has 3 rings (SSSR count). The molecular formula is C18H23NO2. The fraction of sp³-hybridized carbons (Fsp3) is 0.611. The van der Waals surface area contributed by atoms with Gasteiger partial charge in [-0.05, 0) is 81.0 Å². The van der Waals surface area contributed by atoms with Crippen LogP contribution in [0.2, 0.25) is 0 Å². The number of nitrogens with zero attached hydrogens (tertiary/aromatic N) is 1. The quantitative estimate of drug-likeness (QED) is 0.624. The maximum Gasteiger partial charge on any atom is 0.235 e. The fourth-order valence-corrected chi connectivity index (χ4v) is 4.21. The Kier molecular flexibility index (Phi) is 3.62. The number of hydrogen-bond donors (Lipinski definition) is 0. The van der Waals surface area contributed by atoms with E-state index in [2.05, 4.69) is 18.8 Å². The molecule has 0 unspecified atom stereocenters. The minimum Gasteiger partial charge on any atom is -0.496 e. The van der Waals surface area contributed by atoms with E-state index in [0.717, 1.165) is 43.4 Å². The predicted octanol–water partition coefficient (Wildman–Crippen LogP) is 3.91. The molecule has 0 aromatic heterocycles. The molecular weight excluding hydrogens is 262 g/mol. The molecule has 1 aromatic carbocycles. The van der Waals surface area contributed by atoms with Gasteiger partial charge in [0.1, 0.15) is 11.3 Å². The molecule has 2 aliphatic rings. The predicted molar refractivity (Wildman–Crippen MR) is 82.8 cm³/mol. The Bertz CT molecular complexity index is 623. The standard InChI is InChI=1S/C18H23NO2/c1-12-14-7-4-5-8-15(14)13(2)17(21-3)16(12)18(19-11-20)9-6-10-18/h4-10H2,1-3H3. The third kappa shape index (κ3) is 2.03. The summed E-state index contributed by atoms with van der Waals surface area (Å²) in [6.07, 6.45) is 9.57. The lowest BCUT2D eigenvalue weighted by atomic mass is 9.68. The summed E-state index contributed by atoms with van der Waals surface area (Å²) in [7, 11) is 1.73. The molecule has 1 aromatic rings. The van der Waals surface area contributed by atoms with E-state index in [1.165, 1.54) is 35.1 Å². The lowest BCUT2D eigenvalue weighted by Crippen LogP contribution is -2.34. The van der Waals surface area contributed by atoms with Crippen molar-refractivity contribution in [3.63, 3.8) is 0 Å². The van der Waals surface area contributed by atoms with Gasteiger partial charge in [0.05, 0.1) is 7.11 Å². The largest absolute Gasteiger partial charge is 0.496 e. The minimum absolute atomic E-state index is 0.381. The number of aliphatic imine (C=N–C) groups is 1. The van der Waals surface area contributed by atoms with Gasteiger partial charge in [-0.2, -0.15) is 4.99 Å². The first-order valence-electron chi connectivity index (χ1n) is 7.93. The first-order valence-corrected chi connectivity index (χ1v) is 7.93. The summed E-state index contributed by atoms with van der Waals surface area (Å²) in [5.74, 6) is 0.951. The van der Waals surface area contributed by atoms with Crippen molar-refractivity contribution in [1.82, 2.24) is 0 Å². The van der Waals surface area contributed by atoms with Gasteiger partial charge < -0.3 is 4.74 Å². The van der Waals surface area contributed by atoms with Crippen molar-refractivity contribution in [3.8, 4) is 5.75 Å². The van der Waals surface area contributed by atoms with Gasteiger partial charge in [0.15, 0.2) is 0 Å². The average molecular weight is 285 g/mol. The fourth-order valence-electron chi connectivity index (χ4n) is 4.21. The van der Waals surface area contributed by atoms with E-state index in [4.69, 9.17) is 4.74 Å². The zero-order valence-electron chi connectivity index (χ0n) is 13.2. The average Bonchev–Trinajstić information content (AvgIpc) is 2.47. The molecule has 2 aliphatic carbocycles. The topological polar surface area (TPSA) is 38.7 Å². The summed E-state index contributed by atoms with van der Waals surface area (Å²) < 4.78 is 5.76. The third-order valence-corrected chi connectivity index (χ3v) is 5.43. The van der Waals surface area contributed by atoms with Crippen molar-refractivity contribution in [3.05, 3.63) is 27.8 Å². The minimum atomic E-state index is -0.381. The smallest absolute Gasteiger partial charge is 0.235 e.